The van der Waals surface area contributed by atoms with Crippen LogP contribution in [0.3, 0.4) is 0 Å². The second kappa shape index (κ2) is 11.0. The minimum absolute atomic E-state index is 0. The van der Waals surface area contributed by atoms with Gasteiger partial charge in [-0.15, -0.1) is 12.4 Å². The number of halogens is 3. The Morgan fingerprint density at radius 2 is 1.90 bits per heavy atom. The van der Waals surface area contributed by atoms with Crippen molar-refractivity contribution in [1.82, 2.24) is 4.90 Å². The lowest BCUT2D eigenvalue weighted by molar-refractivity contribution is -0.137. The third-order valence-corrected chi connectivity index (χ3v) is 5.39. The van der Waals surface area contributed by atoms with E-state index in [-0.39, 0.29) is 24.9 Å². The molecule has 1 aliphatic rings. The number of nitrogens with zero attached hydrogens (tertiary/aromatic N) is 1. The van der Waals surface area contributed by atoms with Crippen molar-refractivity contribution in [2.75, 3.05) is 26.2 Å². The fourth-order valence-corrected chi connectivity index (χ4v) is 3.87. The summed E-state index contributed by atoms with van der Waals surface area (Å²) in [4.78, 5) is 12.9. The Bertz CT molecular complexity index is 806. The van der Waals surface area contributed by atoms with Gasteiger partial charge in [-0.2, -0.15) is 0 Å². The second-order valence-electron chi connectivity index (χ2n) is 6.87. The van der Waals surface area contributed by atoms with Crippen LogP contribution in [0.25, 0.3) is 0 Å². The van der Waals surface area contributed by atoms with E-state index in [1.54, 1.807) is 0 Å². The minimum Gasteiger partial charge on any atom is -0.489 e. The van der Waals surface area contributed by atoms with Gasteiger partial charge < -0.3 is 14.6 Å². The van der Waals surface area contributed by atoms with Gasteiger partial charge in [-0.1, -0.05) is 35.3 Å². The second-order valence-corrected chi connectivity index (χ2v) is 7.68. The molecule has 3 rings (SSSR count). The van der Waals surface area contributed by atoms with Gasteiger partial charge in [0, 0.05) is 35.2 Å². The van der Waals surface area contributed by atoms with E-state index < -0.39 is 5.97 Å². The van der Waals surface area contributed by atoms with Gasteiger partial charge in [0.1, 0.15) is 12.4 Å². The first-order valence-corrected chi connectivity index (χ1v) is 9.91. The molecule has 1 heterocycles. The molecule has 2 aromatic rings. The fourth-order valence-electron chi connectivity index (χ4n) is 3.16. The van der Waals surface area contributed by atoms with Gasteiger partial charge in [-0.05, 0) is 42.3 Å². The van der Waals surface area contributed by atoms with Crippen molar-refractivity contribution in [3.05, 3.63) is 63.1 Å². The number of carboxylic acids is 1. The van der Waals surface area contributed by atoms with Gasteiger partial charge in [-0.3, -0.25) is 9.69 Å². The van der Waals surface area contributed by atoms with Crippen LogP contribution < -0.4 is 4.74 Å². The van der Waals surface area contributed by atoms with Crippen molar-refractivity contribution in [1.29, 1.82) is 0 Å². The maximum atomic E-state index is 10.8. The zero-order valence-corrected chi connectivity index (χ0v) is 18.4. The van der Waals surface area contributed by atoms with Crippen molar-refractivity contribution in [3.8, 4) is 5.75 Å². The van der Waals surface area contributed by atoms with Gasteiger partial charge >= 0.3 is 5.97 Å². The largest absolute Gasteiger partial charge is 0.489 e. The molecule has 0 spiro atoms. The maximum Gasteiger partial charge on any atom is 0.304 e. The van der Waals surface area contributed by atoms with Gasteiger partial charge in [0.2, 0.25) is 0 Å². The normalized spacial score (nSPS) is 16.9. The van der Waals surface area contributed by atoms with Crippen LogP contribution in [0.5, 0.6) is 5.75 Å². The molecule has 0 aliphatic carbocycles. The summed E-state index contributed by atoms with van der Waals surface area (Å²) in [5.74, 6) is -0.0617. The molecule has 29 heavy (non-hydrogen) atoms. The minimum atomic E-state index is -0.779. The van der Waals surface area contributed by atoms with Crippen LogP contribution in [-0.4, -0.2) is 42.2 Å². The first-order valence-electron chi connectivity index (χ1n) is 9.15. The Hall–Kier alpha value is -1.50. The average Bonchev–Trinajstić information content (AvgIpc) is 2.66. The van der Waals surface area contributed by atoms with E-state index >= 15 is 0 Å². The maximum absolute atomic E-state index is 10.8. The summed E-state index contributed by atoms with van der Waals surface area (Å²) in [6.07, 6.45) is 0.0708. The first-order chi connectivity index (χ1) is 13.4. The molecule has 0 amide bonds. The predicted molar refractivity (Wildman–Crippen MR) is 117 cm³/mol. The SMILES string of the molecule is Cc1cc(Cl)c(COc2ccc(C3CN(CCC(=O)O)CCO3)cc2)c(Cl)c1.Cl. The first kappa shape index (κ1) is 23.8. The molecule has 1 atom stereocenters. The molecule has 158 valence electrons. The molecule has 2 aromatic carbocycles. The monoisotopic (exact) mass is 459 g/mol. The number of carboxylic acid groups (broad SMARTS) is 1. The van der Waals surface area contributed by atoms with Crippen molar-refractivity contribution in [2.24, 2.45) is 0 Å². The van der Waals surface area contributed by atoms with Gasteiger partial charge in [0.15, 0.2) is 0 Å². The Morgan fingerprint density at radius 1 is 1.24 bits per heavy atom. The van der Waals surface area contributed by atoms with Crippen LogP contribution in [0.15, 0.2) is 36.4 Å². The summed E-state index contributed by atoms with van der Waals surface area (Å²) in [5, 5.41) is 10.0. The highest BCUT2D eigenvalue weighted by atomic mass is 35.5. The Morgan fingerprint density at radius 3 is 2.52 bits per heavy atom. The predicted octanol–water partition coefficient (Wildman–Crippen LogP) is 5.15. The van der Waals surface area contributed by atoms with Crippen LogP contribution in [0.2, 0.25) is 10.0 Å². The van der Waals surface area contributed by atoms with Crippen LogP contribution >= 0.6 is 35.6 Å². The number of morpholine rings is 1. The number of aliphatic carboxylic acids is 1. The van der Waals surface area contributed by atoms with Gasteiger partial charge in [0.05, 0.1) is 19.1 Å². The van der Waals surface area contributed by atoms with E-state index in [9.17, 15) is 4.79 Å². The molecule has 1 aliphatic heterocycles. The Labute approximate surface area is 186 Å². The van der Waals surface area contributed by atoms with E-state index in [0.717, 1.165) is 29.0 Å². The number of hydrogen-bond acceptors (Lipinski definition) is 4. The van der Waals surface area contributed by atoms with Crippen molar-refractivity contribution in [3.63, 3.8) is 0 Å². The van der Waals surface area contributed by atoms with Crippen molar-refractivity contribution < 1.29 is 19.4 Å². The molecule has 0 aromatic heterocycles. The van der Waals surface area contributed by atoms with Gasteiger partial charge in [0.25, 0.3) is 0 Å². The lowest BCUT2D eigenvalue weighted by Crippen LogP contribution is -2.39. The smallest absolute Gasteiger partial charge is 0.304 e. The summed E-state index contributed by atoms with van der Waals surface area (Å²) < 4.78 is 11.7. The van der Waals surface area contributed by atoms with Crippen molar-refractivity contribution in [2.45, 2.75) is 26.1 Å². The number of hydrogen-bond donors (Lipinski definition) is 1. The summed E-state index contributed by atoms with van der Waals surface area (Å²) in [5.41, 5.74) is 2.81. The number of rotatable bonds is 7. The van der Waals surface area contributed by atoms with Crippen molar-refractivity contribution >= 4 is 41.6 Å². The summed E-state index contributed by atoms with van der Waals surface area (Å²) in [7, 11) is 0. The van der Waals surface area contributed by atoms with Crippen LogP contribution in [-0.2, 0) is 16.1 Å². The van der Waals surface area contributed by atoms with E-state index in [1.165, 1.54) is 0 Å². The van der Waals surface area contributed by atoms with E-state index in [1.807, 2.05) is 43.3 Å². The highest BCUT2D eigenvalue weighted by Gasteiger charge is 2.22. The molecular formula is C21H24Cl3NO4. The quantitative estimate of drug-likeness (QED) is 0.619. The summed E-state index contributed by atoms with van der Waals surface area (Å²) in [6, 6.07) is 11.5. The molecule has 1 unspecified atom stereocenters. The van der Waals surface area contributed by atoms with Crippen LogP contribution in [0, 0.1) is 6.92 Å². The van der Waals surface area contributed by atoms with E-state index in [2.05, 4.69) is 4.90 Å². The van der Waals surface area contributed by atoms with Crippen LogP contribution in [0.4, 0.5) is 0 Å². The zero-order chi connectivity index (χ0) is 20.1. The number of benzene rings is 2. The highest BCUT2D eigenvalue weighted by Crippen LogP contribution is 2.29. The van der Waals surface area contributed by atoms with Crippen LogP contribution in [0.1, 0.15) is 29.2 Å². The van der Waals surface area contributed by atoms with E-state index in [4.69, 9.17) is 37.8 Å². The fraction of sp³-hybridized carbons (Fsp3) is 0.381. The lowest BCUT2D eigenvalue weighted by Gasteiger charge is -2.32. The zero-order valence-electron chi connectivity index (χ0n) is 16.1. The van der Waals surface area contributed by atoms with E-state index in [0.29, 0.717) is 36.3 Å². The lowest BCUT2D eigenvalue weighted by atomic mass is 10.1. The topological polar surface area (TPSA) is 59.0 Å². The number of carbonyl (C=O) groups is 1. The summed E-state index contributed by atoms with van der Waals surface area (Å²) >= 11 is 12.5. The third-order valence-electron chi connectivity index (χ3n) is 4.71. The Kier molecular flexibility index (Phi) is 9.05. The third kappa shape index (κ3) is 6.76. The number of ether oxygens (including phenoxy) is 2. The number of aryl methyl sites for hydroxylation is 1. The molecule has 0 radical (unpaired) electrons. The highest BCUT2D eigenvalue weighted by molar-refractivity contribution is 6.36. The van der Waals surface area contributed by atoms with Gasteiger partial charge in [-0.25, -0.2) is 0 Å². The Balaban J connectivity index is 0.00000300. The summed E-state index contributed by atoms with van der Waals surface area (Å²) in [6.45, 7) is 4.80. The standard InChI is InChI=1S/C21H23Cl2NO4.ClH/c1-14-10-18(22)17(19(23)11-14)13-28-16-4-2-15(3-5-16)20-12-24(8-9-27-20)7-6-21(25)26;/h2-5,10-11,20H,6-9,12-13H2,1H3,(H,25,26);1H. The molecule has 1 fully saturated rings. The average molecular weight is 461 g/mol. The molecule has 1 saturated heterocycles. The molecule has 1 N–H and O–H groups in total. The molecular weight excluding hydrogens is 437 g/mol. The molecule has 0 saturated carbocycles. The molecule has 8 heteroatoms. The molecule has 0 bridgehead atoms. The molecule has 5 nitrogen and oxygen atoms in total.